The fourth-order valence-corrected chi connectivity index (χ4v) is 3.79. The van der Waals surface area contributed by atoms with Crippen LogP contribution in [-0.2, 0) is 11.2 Å². The van der Waals surface area contributed by atoms with Crippen molar-refractivity contribution in [3.63, 3.8) is 0 Å². The van der Waals surface area contributed by atoms with Crippen molar-refractivity contribution < 1.29 is 4.79 Å². The van der Waals surface area contributed by atoms with Gasteiger partial charge in [-0.05, 0) is 56.0 Å². The van der Waals surface area contributed by atoms with Crippen LogP contribution in [0.25, 0.3) is 0 Å². The number of nitrogens with one attached hydrogen (secondary N) is 1. The third-order valence-corrected chi connectivity index (χ3v) is 5.64. The van der Waals surface area contributed by atoms with Gasteiger partial charge >= 0.3 is 0 Å². The number of amides is 1. The highest BCUT2D eigenvalue weighted by Gasteiger charge is 2.32. The molecule has 28 heavy (non-hydrogen) atoms. The van der Waals surface area contributed by atoms with Crippen LogP contribution in [0.1, 0.15) is 50.9 Å². The number of hydrogen-bond acceptors (Lipinski definition) is 3. The first-order valence-electron chi connectivity index (χ1n) is 10.4. The summed E-state index contributed by atoms with van der Waals surface area (Å²) in [6.45, 7) is 9.13. The lowest BCUT2D eigenvalue weighted by molar-refractivity contribution is -0.129. The van der Waals surface area contributed by atoms with Crippen LogP contribution >= 0.6 is 0 Å². The van der Waals surface area contributed by atoms with Gasteiger partial charge in [0.2, 0.25) is 5.91 Å². The minimum absolute atomic E-state index is 0.0100. The van der Waals surface area contributed by atoms with E-state index in [1.54, 1.807) is 0 Å². The molecular formula is C24H33N3O. The van der Waals surface area contributed by atoms with Gasteiger partial charge in [-0.1, -0.05) is 57.2 Å². The van der Waals surface area contributed by atoms with E-state index in [0.717, 1.165) is 44.6 Å². The van der Waals surface area contributed by atoms with E-state index in [0.29, 0.717) is 5.92 Å². The van der Waals surface area contributed by atoms with Gasteiger partial charge in [0.05, 0.1) is 11.7 Å². The molecule has 1 amide bonds. The van der Waals surface area contributed by atoms with Crippen LogP contribution < -0.4 is 5.32 Å². The van der Waals surface area contributed by atoms with Crippen molar-refractivity contribution in [3.05, 3.63) is 66.0 Å². The van der Waals surface area contributed by atoms with Gasteiger partial charge in [-0.15, -0.1) is 0 Å². The highest BCUT2D eigenvalue weighted by molar-refractivity contribution is 5.81. The van der Waals surface area contributed by atoms with Gasteiger partial charge < -0.3 is 10.2 Å². The maximum absolute atomic E-state index is 12.7. The Morgan fingerprint density at radius 2 is 1.79 bits per heavy atom. The van der Waals surface area contributed by atoms with Gasteiger partial charge in [0.25, 0.3) is 0 Å². The van der Waals surface area contributed by atoms with E-state index in [9.17, 15) is 4.79 Å². The Balaban J connectivity index is 1.60. The molecule has 4 nitrogen and oxygen atoms in total. The minimum Gasteiger partial charge on any atom is -0.347 e. The van der Waals surface area contributed by atoms with Crippen LogP contribution in [0.5, 0.6) is 0 Å². The van der Waals surface area contributed by atoms with Gasteiger partial charge in [-0.25, -0.2) is 0 Å². The summed E-state index contributed by atoms with van der Waals surface area (Å²) in [4.78, 5) is 19.8. The Morgan fingerprint density at radius 1 is 1.11 bits per heavy atom. The lowest BCUT2D eigenvalue weighted by atomic mass is 9.85. The molecule has 4 heteroatoms. The number of aromatic nitrogens is 1. The maximum Gasteiger partial charge on any atom is 0.225 e. The molecule has 1 aromatic carbocycles. The van der Waals surface area contributed by atoms with Gasteiger partial charge in [0.1, 0.15) is 0 Å². The lowest BCUT2D eigenvalue weighted by Crippen LogP contribution is -2.44. The number of carbonyl (C=O) groups excluding carboxylic acids is 1. The van der Waals surface area contributed by atoms with Crippen molar-refractivity contribution in [1.29, 1.82) is 0 Å². The number of hydrogen-bond donors (Lipinski definition) is 1. The predicted octanol–water partition coefficient (Wildman–Crippen LogP) is 4.24. The largest absolute Gasteiger partial charge is 0.347 e. The highest BCUT2D eigenvalue weighted by Crippen LogP contribution is 2.31. The monoisotopic (exact) mass is 379 g/mol. The Bertz CT molecular complexity index is 731. The molecule has 1 saturated heterocycles. The lowest BCUT2D eigenvalue weighted by Gasteiger charge is -2.37. The number of nitrogens with zero attached hydrogens (tertiary/aromatic N) is 2. The third-order valence-electron chi connectivity index (χ3n) is 5.64. The number of pyridine rings is 1. The molecule has 0 saturated carbocycles. The fraction of sp³-hybridized carbons (Fsp3) is 0.500. The van der Waals surface area contributed by atoms with Crippen molar-refractivity contribution in [2.75, 3.05) is 19.6 Å². The summed E-state index contributed by atoms with van der Waals surface area (Å²) in [5, 5.41) is 3.30. The number of rotatable bonds is 6. The average Bonchev–Trinajstić information content (AvgIpc) is 2.71. The van der Waals surface area contributed by atoms with E-state index < -0.39 is 5.41 Å². The zero-order valence-electron chi connectivity index (χ0n) is 17.4. The Morgan fingerprint density at radius 3 is 2.39 bits per heavy atom. The molecule has 150 valence electrons. The van der Waals surface area contributed by atoms with Gasteiger partial charge in [-0.3, -0.25) is 9.78 Å². The number of piperidine rings is 1. The van der Waals surface area contributed by atoms with Crippen molar-refractivity contribution in [2.24, 2.45) is 11.3 Å². The van der Waals surface area contributed by atoms with Crippen LogP contribution in [0.15, 0.2) is 54.7 Å². The van der Waals surface area contributed by atoms with Gasteiger partial charge in [0, 0.05) is 18.2 Å². The molecule has 2 heterocycles. The Labute approximate surface area is 169 Å². The molecule has 0 radical (unpaired) electrons. The summed E-state index contributed by atoms with van der Waals surface area (Å²) in [6.07, 6.45) is 5.08. The fourth-order valence-electron chi connectivity index (χ4n) is 3.79. The molecule has 1 aliphatic rings. The molecule has 1 atom stereocenters. The Hall–Kier alpha value is -2.20. The third kappa shape index (κ3) is 5.65. The van der Waals surface area contributed by atoms with Crippen molar-refractivity contribution in [1.82, 2.24) is 15.2 Å². The van der Waals surface area contributed by atoms with Crippen molar-refractivity contribution >= 4 is 5.91 Å². The van der Waals surface area contributed by atoms with Crippen LogP contribution in [0.3, 0.4) is 0 Å². The number of likely N-dealkylation sites (tertiary alicyclic amines) is 1. The molecule has 1 fully saturated rings. The van der Waals surface area contributed by atoms with E-state index in [-0.39, 0.29) is 11.9 Å². The Kier molecular flexibility index (Phi) is 6.84. The summed E-state index contributed by atoms with van der Waals surface area (Å²) in [5.74, 6) is 0.517. The summed E-state index contributed by atoms with van der Waals surface area (Å²) < 4.78 is 0. The first kappa shape index (κ1) is 20.5. The van der Waals surface area contributed by atoms with E-state index in [1.807, 2.05) is 45.2 Å². The first-order chi connectivity index (χ1) is 13.4. The number of benzene rings is 1. The molecule has 0 spiro atoms. The second kappa shape index (κ2) is 9.33. The van der Waals surface area contributed by atoms with E-state index in [2.05, 4.69) is 45.5 Å². The van der Waals surface area contributed by atoms with Gasteiger partial charge in [-0.2, -0.15) is 0 Å². The van der Waals surface area contributed by atoms with Crippen LogP contribution in [0, 0.1) is 11.3 Å². The predicted molar refractivity (Wildman–Crippen MR) is 114 cm³/mol. The van der Waals surface area contributed by atoms with Crippen molar-refractivity contribution in [3.8, 4) is 0 Å². The molecule has 1 aromatic heterocycles. The topological polar surface area (TPSA) is 45.2 Å². The molecule has 0 aliphatic carbocycles. The zero-order chi connectivity index (χ0) is 20.0. The van der Waals surface area contributed by atoms with Crippen LogP contribution in [0.2, 0.25) is 0 Å². The summed E-state index contributed by atoms with van der Waals surface area (Å²) in [7, 11) is 0. The van der Waals surface area contributed by atoms with E-state index in [4.69, 9.17) is 0 Å². The minimum atomic E-state index is -0.399. The summed E-state index contributed by atoms with van der Waals surface area (Å²) in [5.41, 5.74) is 1.97. The van der Waals surface area contributed by atoms with E-state index in [1.165, 1.54) is 5.56 Å². The molecule has 1 aliphatic heterocycles. The molecule has 1 N–H and O–H groups in total. The summed E-state index contributed by atoms with van der Waals surface area (Å²) >= 11 is 0. The quantitative estimate of drug-likeness (QED) is 0.816. The summed E-state index contributed by atoms with van der Waals surface area (Å²) in [6, 6.07) is 16.6. The molecule has 2 aromatic rings. The standard InChI is InChI=1S/C24H33N3O/c1-24(2,3)23(28)26-22(21-11-7-8-15-25-21)20-13-17-27(18-14-20)16-12-19-9-5-4-6-10-19/h4-11,15,20,22H,12-14,16-18H2,1-3H3,(H,26,28). The molecular weight excluding hydrogens is 346 g/mol. The molecule has 1 unspecified atom stereocenters. The first-order valence-corrected chi connectivity index (χ1v) is 10.4. The van der Waals surface area contributed by atoms with E-state index >= 15 is 0 Å². The van der Waals surface area contributed by atoms with Crippen LogP contribution in [-0.4, -0.2) is 35.4 Å². The maximum atomic E-state index is 12.7. The van der Waals surface area contributed by atoms with Gasteiger partial charge in [0.15, 0.2) is 0 Å². The van der Waals surface area contributed by atoms with Crippen molar-refractivity contribution in [2.45, 2.75) is 46.1 Å². The highest BCUT2D eigenvalue weighted by atomic mass is 16.2. The second-order valence-corrected chi connectivity index (χ2v) is 8.87. The second-order valence-electron chi connectivity index (χ2n) is 8.87. The van der Waals surface area contributed by atoms with Crippen LogP contribution in [0.4, 0.5) is 0 Å². The normalized spacial score (nSPS) is 17.2. The smallest absolute Gasteiger partial charge is 0.225 e. The molecule has 3 rings (SSSR count). The SMILES string of the molecule is CC(C)(C)C(=O)NC(c1ccccn1)C1CCN(CCc2ccccc2)CC1. The zero-order valence-corrected chi connectivity index (χ0v) is 17.4. The molecule has 0 bridgehead atoms. The average molecular weight is 380 g/mol. The number of carbonyl (C=O) groups is 1.